The predicted octanol–water partition coefficient (Wildman–Crippen LogP) is 0.771. The summed E-state index contributed by atoms with van der Waals surface area (Å²) in [6.45, 7) is 1.49. The first-order valence-electron chi connectivity index (χ1n) is 5.98. The smallest absolute Gasteiger partial charge is 0.225 e. The van der Waals surface area contributed by atoms with E-state index in [1.165, 1.54) is 6.42 Å². The van der Waals surface area contributed by atoms with Gasteiger partial charge in [-0.05, 0) is 25.7 Å². The number of nitrogens with two attached hydrogens (primary N) is 1. The van der Waals surface area contributed by atoms with Crippen molar-refractivity contribution in [1.29, 1.82) is 0 Å². The van der Waals surface area contributed by atoms with Crippen LogP contribution in [-0.2, 0) is 4.79 Å². The third kappa shape index (κ3) is 2.13. The van der Waals surface area contributed by atoms with Crippen LogP contribution in [-0.4, -0.2) is 34.9 Å². The first-order valence-corrected chi connectivity index (χ1v) is 5.98. The average molecular weight is 225 g/mol. The molecular weight excluding hydrogens is 206 g/mol. The molecule has 0 aromatic rings. The zero-order chi connectivity index (χ0) is 11.5. The zero-order valence-corrected chi connectivity index (χ0v) is 9.43. The van der Waals surface area contributed by atoms with Crippen molar-refractivity contribution in [2.75, 3.05) is 13.1 Å². The summed E-state index contributed by atoms with van der Waals surface area (Å²) in [4.78, 5) is 13.9. The minimum absolute atomic E-state index is 0.135. The molecule has 1 aliphatic carbocycles. The van der Waals surface area contributed by atoms with Crippen LogP contribution in [0.3, 0.4) is 0 Å². The van der Waals surface area contributed by atoms with E-state index in [1.807, 2.05) is 4.90 Å². The molecule has 5 nitrogen and oxygen atoms in total. The lowest BCUT2D eigenvalue weighted by Gasteiger charge is -2.36. The van der Waals surface area contributed by atoms with E-state index in [2.05, 4.69) is 5.16 Å². The molecule has 2 fully saturated rings. The van der Waals surface area contributed by atoms with E-state index in [0.29, 0.717) is 11.7 Å². The number of carbonyl (C=O) groups excluding carboxylic acids is 1. The molecular formula is C11H19N3O2. The summed E-state index contributed by atoms with van der Waals surface area (Å²) in [5.41, 5.74) is 5.56. The fraction of sp³-hybridized carbons (Fsp3) is 0.818. The van der Waals surface area contributed by atoms with Crippen LogP contribution in [0.15, 0.2) is 5.16 Å². The largest absolute Gasteiger partial charge is 0.409 e. The minimum Gasteiger partial charge on any atom is -0.409 e. The number of amides is 1. The summed E-state index contributed by atoms with van der Waals surface area (Å²) in [5, 5.41) is 11.6. The second-order valence-corrected chi connectivity index (χ2v) is 4.75. The van der Waals surface area contributed by atoms with Crippen LogP contribution in [0.4, 0.5) is 0 Å². The molecule has 5 heteroatoms. The van der Waals surface area contributed by atoms with Gasteiger partial charge in [0.1, 0.15) is 5.84 Å². The van der Waals surface area contributed by atoms with Crippen LogP contribution in [0.25, 0.3) is 0 Å². The number of rotatable bonds is 2. The highest BCUT2D eigenvalue weighted by molar-refractivity contribution is 5.83. The SMILES string of the molecule is NC(=NO)C1CCN(C(=O)C2CCC2)CC1. The van der Waals surface area contributed by atoms with Crippen LogP contribution in [0, 0.1) is 11.8 Å². The Morgan fingerprint density at radius 1 is 1.19 bits per heavy atom. The fourth-order valence-electron chi connectivity index (χ4n) is 2.39. The number of hydrogen-bond donors (Lipinski definition) is 2. The van der Waals surface area contributed by atoms with Gasteiger partial charge in [0, 0.05) is 24.9 Å². The van der Waals surface area contributed by atoms with Gasteiger partial charge in [-0.15, -0.1) is 0 Å². The fourth-order valence-corrected chi connectivity index (χ4v) is 2.39. The van der Waals surface area contributed by atoms with Crippen molar-refractivity contribution in [3.05, 3.63) is 0 Å². The number of hydrogen-bond acceptors (Lipinski definition) is 3. The number of likely N-dealkylation sites (tertiary alicyclic amines) is 1. The average Bonchev–Trinajstić information content (AvgIpc) is 2.26. The highest BCUT2D eigenvalue weighted by atomic mass is 16.4. The number of amidine groups is 1. The van der Waals surface area contributed by atoms with Crippen molar-refractivity contribution in [3.8, 4) is 0 Å². The number of carbonyl (C=O) groups is 1. The van der Waals surface area contributed by atoms with Gasteiger partial charge in [-0.1, -0.05) is 11.6 Å². The molecule has 0 atom stereocenters. The maximum atomic E-state index is 11.9. The Kier molecular flexibility index (Phi) is 3.31. The van der Waals surface area contributed by atoms with Crippen molar-refractivity contribution in [1.82, 2.24) is 4.90 Å². The summed E-state index contributed by atoms with van der Waals surface area (Å²) >= 11 is 0. The lowest BCUT2D eigenvalue weighted by atomic mass is 9.83. The van der Waals surface area contributed by atoms with E-state index >= 15 is 0 Å². The quantitative estimate of drug-likeness (QED) is 0.315. The van der Waals surface area contributed by atoms with Crippen molar-refractivity contribution >= 4 is 11.7 Å². The van der Waals surface area contributed by atoms with Gasteiger partial charge >= 0.3 is 0 Å². The molecule has 0 spiro atoms. The van der Waals surface area contributed by atoms with Gasteiger partial charge in [0.05, 0.1) is 0 Å². The summed E-state index contributed by atoms with van der Waals surface area (Å²) < 4.78 is 0. The van der Waals surface area contributed by atoms with E-state index in [1.54, 1.807) is 0 Å². The Morgan fingerprint density at radius 3 is 2.25 bits per heavy atom. The Hall–Kier alpha value is -1.26. The van der Waals surface area contributed by atoms with Crippen molar-refractivity contribution < 1.29 is 10.0 Å². The molecule has 16 heavy (non-hydrogen) atoms. The topological polar surface area (TPSA) is 78.9 Å². The maximum absolute atomic E-state index is 11.9. The van der Waals surface area contributed by atoms with E-state index in [9.17, 15) is 4.79 Å². The third-order valence-electron chi connectivity index (χ3n) is 3.79. The van der Waals surface area contributed by atoms with E-state index in [0.717, 1.165) is 38.8 Å². The molecule has 1 aliphatic heterocycles. The van der Waals surface area contributed by atoms with Crippen LogP contribution >= 0.6 is 0 Å². The Bertz CT molecular complexity index is 292. The molecule has 1 saturated carbocycles. The molecule has 1 amide bonds. The summed E-state index contributed by atoms with van der Waals surface area (Å²) in [6, 6.07) is 0. The Balaban J connectivity index is 1.82. The van der Waals surface area contributed by atoms with E-state index in [4.69, 9.17) is 10.9 Å². The van der Waals surface area contributed by atoms with Crippen molar-refractivity contribution in [2.45, 2.75) is 32.1 Å². The molecule has 3 N–H and O–H groups in total. The summed E-state index contributed by atoms with van der Waals surface area (Å²) in [7, 11) is 0. The lowest BCUT2D eigenvalue weighted by molar-refractivity contribution is -0.139. The first-order chi connectivity index (χ1) is 7.72. The second-order valence-electron chi connectivity index (χ2n) is 4.75. The highest BCUT2D eigenvalue weighted by Crippen LogP contribution is 2.29. The summed E-state index contributed by atoms with van der Waals surface area (Å²) in [6.07, 6.45) is 4.93. The van der Waals surface area contributed by atoms with E-state index in [-0.39, 0.29) is 11.8 Å². The second kappa shape index (κ2) is 4.72. The normalized spacial score (nSPS) is 24.2. The van der Waals surface area contributed by atoms with Gasteiger partial charge in [-0.2, -0.15) is 0 Å². The molecule has 1 heterocycles. The number of piperidine rings is 1. The van der Waals surface area contributed by atoms with Crippen LogP contribution in [0.2, 0.25) is 0 Å². The maximum Gasteiger partial charge on any atom is 0.225 e. The lowest BCUT2D eigenvalue weighted by Crippen LogP contribution is -2.45. The van der Waals surface area contributed by atoms with Gasteiger partial charge in [-0.25, -0.2) is 0 Å². The minimum atomic E-state index is 0.135. The molecule has 0 bridgehead atoms. The van der Waals surface area contributed by atoms with Gasteiger partial charge in [0.25, 0.3) is 0 Å². The molecule has 0 aromatic heterocycles. The number of oxime groups is 1. The molecule has 1 saturated heterocycles. The monoisotopic (exact) mass is 225 g/mol. The third-order valence-corrected chi connectivity index (χ3v) is 3.79. The van der Waals surface area contributed by atoms with Gasteiger partial charge in [0.15, 0.2) is 0 Å². The van der Waals surface area contributed by atoms with Crippen LogP contribution in [0.1, 0.15) is 32.1 Å². The van der Waals surface area contributed by atoms with Crippen molar-refractivity contribution in [3.63, 3.8) is 0 Å². The zero-order valence-electron chi connectivity index (χ0n) is 9.43. The highest BCUT2D eigenvalue weighted by Gasteiger charge is 2.32. The molecule has 0 aromatic carbocycles. The van der Waals surface area contributed by atoms with Gasteiger partial charge in [-0.3, -0.25) is 4.79 Å². The molecule has 90 valence electrons. The van der Waals surface area contributed by atoms with E-state index < -0.39 is 0 Å². The Labute approximate surface area is 95.3 Å². The number of nitrogens with zero attached hydrogens (tertiary/aromatic N) is 2. The summed E-state index contributed by atoms with van der Waals surface area (Å²) in [5.74, 6) is 1.02. The Morgan fingerprint density at radius 2 is 1.81 bits per heavy atom. The van der Waals surface area contributed by atoms with Gasteiger partial charge < -0.3 is 15.8 Å². The molecule has 0 unspecified atom stereocenters. The van der Waals surface area contributed by atoms with Crippen LogP contribution in [0.5, 0.6) is 0 Å². The van der Waals surface area contributed by atoms with Gasteiger partial charge in [0.2, 0.25) is 5.91 Å². The van der Waals surface area contributed by atoms with Crippen LogP contribution < -0.4 is 5.73 Å². The molecule has 0 radical (unpaired) electrons. The molecule has 2 aliphatic rings. The molecule has 2 rings (SSSR count). The first kappa shape index (κ1) is 11.2. The standard InChI is InChI=1S/C11H19N3O2/c12-10(13-16)8-4-6-14(7-5-8)11(15)9-2-1-3-9/h8-9,16H,1-7H2,(H2,12,13). The predicted molar refractivity (Wildman–Crippen MR) is 60.1 cm³/mol. The van der Waals surface area contributed by atoms with Crippen molar-refractivity contribution in [2.24, 2.45) is 22.7 Å².